The van der Waals surface area contributed by atoms with E-state index in [-0.39, 0.29) is 16.2 Å². The van der Waals surface area contributed by atoms with Gasteiger partial charge in [0.1, 0.15) is 5.75 Å². The van der Waals surface area contributed by atoms with Gasteiger partial charge >= 0.3 is 0 Å². The van der Waals surface area contributed by atoms with Gasteiger partial charge in [0.25, 0.3) is 5.91 Å². The molecule has 0 atom stereocenters. The number of aromatic hydroxyl groups is 1. The summed E-state index contributed by atoms with van der Waals surface area (Å²) in [5.41, 5.74) is 0.868. The van der Waals surface area contributed by atoms with Crippen LogP contribution in [0.15, 0.2) is 53.4 Å². The van der Waals surface area contributed by atoms with Crippen LogP contribution in [-0.2, 0) is 16.6 Å². The quantitative estimate of drug-likeness (QED) is 0.855. The Morgan fingerprint density at radius 3 is 2.44 bits per heavy atom. The lowest BCUT2D eigenvalue weighted by molar-refractivity contribution is 0.0948. The fourth-order valence-electron chi connectivity index (χ4n) is 2.81. The minimum absolute atomic E-state index is 0.0251. The van der Waals surface area contributed by atoms with Gasteiger partial charge in [0, 0.05) is 19.6 Å². The van der Waals surface area contributed by atoms with Gasteiger partial charge in [0.15, 0.2) is 0 Å². The molecule has 132 valence electrons. The van der Waals surface area contributed by atoms with Crippen LogP contribution in [0.5, 0.6) is 5.75 Å². The molecule has 1 aliphatic heterocycles. The van der Waals surface area contributed by atoms with E-state index in [1.807, 2.05) is 30.3 Å². The van der Waals surface area contributed by atoms with Crippen molar-refractivity contribution in [3.05, 3.63) is 59.7 Å². The summed E-state index contributed by atoms with van der Waals surface area (Å²) in [7, 11) is -3.64. The molecule has 2 aromatic carbocycles. The van der Waals surface area contributed by atoms with Gasteiger partial charge in [-0.05, 0) is 36.6 Å². The molecule has 3 rings (SSSR count). The summed E-state index contributed by atoms with van der Waals surface area (Å²) < 4.78 is 26.6. The first kappa shape index (κ1) is 17.4. The summed E-state index contributed by atoms with van der Waals surface area (Å²) in [5, 5.41) is 12.7. The van der Waals surface area contributed by atoms with Crippen molar-refractivity contribution in [1.82, 2.24) is 9.62 Å². The molecule has 0 saturated carbocycles. The minimum atomic E-state index is -3.64. The lowest BCUT2D eigenvalue weighted by atomic mass is 10.1. The average molecular weight is 360 g/mol. The van der Waals surface area contributed by atoms with Gasteiger partial charge in [-0.2, -0.15) is 4.31 Å². The predicted octanol–water partition coefficient (Wildman–Crippen LogP) is 2.11. The summed E-state index contributed by atoms with van der Waals surface area (Å²) >= 11 is 0. The lowest BCUT2D eigenvalue weighted by Gasteiger charge is -2.16. The number of hydrogen-bond acceptors (Lipinski definition) is 4. The molecule has 0 spiro atoms. The molecule has 1 heterocycles. The maximum Gasteiger partial charge on any atom is 0.255 e. The molecule has 0 unspecified atom stereocenters. The number of carbonyl (C=O) groups excluding carboxylic acids is 1. The van der Waals surface area contributed by atoms with Gasteiger partial charge in [-0.3, -0.25) is 4.79 Å². The van der Waals surface area contributed by atoms with Crippen LogP contribution in [0.3, 0.4) is 0 Å². The molecule has 2 N–H and O–H groups in total. The molecule has 1 amide bonds. The van der Waals surface area contributed by atoms with Crippen molar-refractivity contribution in [1.29, 1.82) is 0 Å². The summed E-state index contributed by atoms with van der Waals surface area (Å²) in [5.74, 6) is -0.759. The molecule has 0 bridgehead atoms. The molecule has 6 nitrogen and oxygen atoms in total. The number of phenolic OH excluding ortho intramolecular Hbond substituents is 1. The summed E-state index contributed by atoms with van der Waals surface area (Å²) in [6.07, 6.45) is 1.67. The van der Waals surface area contributed by atoms with Crippen molar-refractivity contribution >= 4 is 15.9 Å². The van der Waals surface area contributed by atoms with Crippen LogP contribution in [-0.4, -0.2) is 36.8 Å². The number of rotatable bonds is 5. The number of nitrogens with zero attached hydrogens (tertiary/aromatic N) is 1. The van der Waals surface area contributed by atoms with Crippen molar-refractivity contribution in [2.45, 2.75) is 24.3 Å². The molecule has 0 aliphatic carbocycles. The smallest absolute Gasteiger partial charge is 0.255 e. The van der Waals surface area contributed by atoms with Gasteiger partial charge in [-0.25, -0.2) is 8.42 Å². The Bertz CT molecular complexity index is 860. The zero-order valence-corrected chi connectivity index (χ0v) is 14.5. The molecule has 1 aliphatic rings. The van der Waals surface area contributed by atoms with E-state index in [0.717, 1.165) is 18.4 Å². The second-order valence-electron chi connectivity index (χ2n) is 5.96. The first-order chi connectivity index (χ1) is 12.0. The second-order valence-corrected chi connectivity index (χ2v) is 7.90. The topological polar surface area (TPSA) is 86.7 Å². The van der Waals surface area contributed by atoms with Crippen LogP contribution in [0.25, 0.3) is 0 Å². The van der Waals surface area contributed by atoms with Crippen LogP contribution >= 0.6 is 0 Å². The van der Waals surface area contributed by atoms with E-state index in [9.17, 15) is 18.3 Å². The van der Waals surface area contributed by atoms with Gasteiger partial charge < -0.3 is 10.4 Å². The molecule has 0 aromatic heterocycles. The molecule has 25 heavy (non-hydrogen) atoms. The van der Waals surface area contributed by atoms with Crippen molar-refractivity contribution in [2.75, 3.05) is 13.1 Å². The largest absolute Gasteiger partial charge is 0.507 e. The lowest BCUT2D eigenvalue weighted by Crippen LogP contribution is -2.28. The van der Waals surface area contributed by atoms with E-state index in [0.29, 0.717) is 19.6 Å². The Hall–Kier alpha value is -2.38. The highest BCUT2D eigenvalue weighted by Crippen LogP contribution is 2.25. The van der Waals surface area contributed by atoms with E-state index >= 15 is 0 Å². The van der Waals surface area contributed by atoms with E-state index < -0.39 is 15.9 Å². The highest BCUT2D eigenvalue weighted by molar-refractivity contribution is 7.89. The van der Waals surface area contributed by atoms with Crippen LogP contribution in [0, 0.1) is 0 Å². The third kappa shape index (κ3) is 3.83. The van der Waals surface area contributed by atoms with Crippen LogP contribution in [0.2, 0.25) is 0 Å². The van der Waals surface area contributed by atoms with Crippen molar-refractivity contribution in [3.63, 3.8) is 0 Å². The Morgan fingerprint density at radius 1 is 1.08 bits per heavy atom. The first-order valence-corrected chi connectivity index (χ1v) is 9.58. The highest BCUT2D eigenvalue weighted by atomic mass is 32.2. The Balaban J connectivity index is 1.80. The second kappa shape index (κ2) is 7.25. The van der Waals surface area contributed by atoms with E-state index in [1.54, 1.807) is 0 Å². The fraction of sp³-hybridized carbons (Fsp3) is 0.278. The van der Waals surface area contributed by atoms with Gasteiger partial charge in [0.2, 0.25) is 10.0 Å². The summed E-state index contributed by atoms with van der Waals surface area (Å²) in [4.78, 5) is 12.4. The fourth-order valence-corrected chi connectivity index (χ4v) is 4.35. The maximum atomic E-state index is 12.6. The van der Waals surface area contributed by atoms with Gasteiger partial charge in [0.05, 0.1) is 10.5 Å². The number of phenols is 1. The Labute approximate surface area is 147 Å². The Morgan fingerprint density at radius 2 is 1.76 bits per heavy atom. The van der Waals surface area contributed by atoms with Crippen LogP contribution in [0.1, 0.15) is 28.8 Å². The molecule has 7 heteroatoms. The third-order valence-corrected chi connectivity index (χ3v) is 6.11. The van der Waals surface area contributed by atoms with E-state index in [4.69, 9.17) is 0 Å². The number of sulfonamides is 1. The standard InChI is InChI=1S/C18H20N2O4S/c21-17-9-8-15(25(23,24)20-10-4-5-11-20)12-16(17)18(22)19-13-14-6-2-1-3-7-14/h1-3,6-9,12,21H,4-5,10-11,13H2,(H,19,22). The number of benzene rings is 2. The van der Waals surface area contributed by atoms with Crippen LogP contribution in [0.4, 0.5) is 0 Å². The zero-order chi connectivity index (χ0) is 17.9. The molecular formula is C18H20N2O4S. The van der Waals surface area contributed by atoms with Gasteiger partial charge in [-0.15, -0.1) is 0 Å². The van der Waals surface area contributed by atoms with Crippen molar-refractivity contribution < 1.29 is 18.3 Å². The van der Waals surface area contributed by atoms with Crippen molar-refractivity contribution in [3.8, 4) is 5.75 Å². The van der Waals surface area contributed by atoms with E-state index in [2.05, 4.69) is 5.32 Å². The normalized spacial score (nSPS) is 15.2. The molecular weight excluding hydrogens is 340 g/mol. The molecule has 1 fully saturated rings. The van der Waals surface area contributed by atoms with Crippen LogP contribution < -0.4 is 5.32 Å². The summed E-state index contributed by atoms with van der Waals surface area (Å²) in [6, 6.07) is 13.2. The number of carbonyl (C=O) groups is 1. The number of nitrogens with one attached hydrogen (secondary N) is 1. The first-order valence-electron chi connectivity index (χ1n) is 8.14. The van der Waals surface area contributed by atoms with E-state index in [1.165, 1.54) is 22.5 Å². The predicted molar refractivity (Wildman–Crippen MR) is 93.7 cm³/mol. The number of hydrogen-bond donors (Lipinski definition) is 2. The average Bonchev–Trinajstić information content (AvgIpc) is 3.16. The number of amides is 1. The molecule has 1 saturated heterocycles. The zero-order valence-electron chi connectivity index (χ0n) is 13.7. The highest BCUT2D eigenvalue weighted by Gasteiger charge is 2.28. The molecule has 0 radical (unpaired) electrons. The van der Waals surface area contributed by atoms with Gasteiger partial charge in [-0.1, -0.05) is 30.3 Å². The summed E-state index contributed by atoms with van der Waals surface area (Å²) in [6.45, 7) is 1.26. The van der Waals surface area contributed by atoms with Crippen molar-refractivity contribution in [2.24, 2.45) is 0 Å². The SMILES string of the molecule is O=C(NCc1ccccc1)c1cc(S(=O)(=O)N2CCCC2)ccc1O. The Kier molecular flexibility index (Phi) is 5.06. The monoisotopic (exact) mass is 360 g/mol. The maximum absolute atomic E-state index is 12.6. The third-order valence-electron chi connectivity index (χ3n) is 4.21. The minimum Gasteiger partial charge on any atom is -0.507 e. The molecule has 2 aromatic rings.